The highest BCUT2D eigenvalue weighted by atomic mass is 35.5. The maximum Gasteiger partial charge on any atom is 0.255 e. The number of nitrogens with one attached hydrogen (secondary N) is 1. The maximum absolute atomic E-state index is 13.3. The summed E-state index contributed by atoms with van der Waals surface area (Å²) in [4.78, 5) is 17.1. The van der Waals surface area contributed by atoms with E-state index in [9.17, 15) is 9.18 Å². The third kappa shape index (κ3) is 3.40. The fraction of sp³-hybridized carbons (Fsp3) is 0. The summed E-state index contributed by atoms with van der Waals surface area (Å²) in [5.74, 6) is -0.364. The molecular weight excluding hydrogens is 403 g/mol. The van der Waals surface area contributed by atoms with E-state index in [-0.39, 0.29) is 16.8 Å². The molecular formula is C24H14ClFN2O2. The number of rotatable bonds is 3. The van der Waals surface area contributed by atoms with Crippen molar-refractivity contribution in [2.24, 2.45) is 0 Å². The van der Waals surface area contributed by atoms with Crippen LogP contribution in [0, 0.1) is 5.82 Å². The van der Waals surface area contributed by atoms with Gasteiger partial charge in [0.2, 0.25) is 5.89 Å². The molecule has 30 heavy (non-hydrogen) atoms. The maximum atomic E-state index is 13.3. The van der Waals surface area contributed by atoms with Crippen LogP contribution in [0.1, 0.15) is 10.4 Å². The Morgan fingerprint density at radius 2 is 1.77 bits per heavy atom. The number of carbonyl (C=O) groups is 1. The molecule has 0 bridgehead atoms. The number of fused-ring (bicyclic) bond motifs is 2. The Bertz CT molecular complexity index is 1430. The summed E-state index contributed by atoms with van der Waals surface area (Å²) in [5.41, 5.74) is 2.74. The Hall–Kier alpha value is -3.70. The summed E-state index contributed by atoms with van der Waals surface area (Å²) in [7, 11) is 0. The normalized spacial score (nSPS) is 11.1. The van der Waals surface area contributed by atoms with Gasteiger partial charge in [-0.15, -0.1) is 0 Å². The van der Waals surface area contributed by atoms with Crippen molar-refractivity contribution in [3.8, 4) is 11.5 Å². The number of hydrogen-bond donors (Lipinski definition) is 1. The number of benzene rings is 4. The average Bonchev–Trinajstić information content (AvgIpc) is 3.16. The van der Waals surface area contributed by atoms with Gasteiger partial charge in [0.05, 0.1) is 10.6 Å². The van der Waals surface area contributed by atoms with Crippen LogP contribution in [0.2, 0.25) is 5.02 Å². The van der Waals surface area contributed by atoms with Gasteiger partial charge in [0.1, 0.15) is 11.3 Å². The van der Waals surface area contributed by atoms with Gasteiger partial charge in [-0.25, -0.2) is 9.37 Å². The molecule has 4 aromatic carbocycles. The van der Waals surface area contributed by atoms with Gasteiger partial charge in [0.25, 0.3) is 5.91 Å². The molecule has 0 fully saturated rings. The van der Waals surface area contributed by atoms with E-state index in [4.69, 9.17) is 16.0 Å². The van der Waals surface area contributed by atoms with Crippen molar-refractivity contribution < 1.29 is 13.6 Å². The van der Waals surface area contributed by atoms with Crippen molar-refractivity contribution in [2.75, 3.05) is 5.32 Å². The molecule has 0 aliphatic rings. The zero-order valence-electron chi connectivity index (χ0n) is 15.5. The summed E-state index contributed by atoms with van der Waals surface area (Å²) in [6.07, 6.45) is 0. The van der Waals surface area contributed by atoms with Crippen LogP contribution in [-0.4, -0.2) is 10.9 Å². The van der Waals surface area contributed by atoms with Crippen molar-refractivity contribution >= 4 is 45.1 Å². The van der Waals surface area contributed by atoms with Crippen LogP contribution < -0.4 is 5.32 Å². The van der Waals surface area contributed by atoms with Crippen LogP contribution in [0.5, 0.6) is 0 Å². The molecule has 0 aliphatic carbocycles. The minimum atomic E-state index is -0.432. The second kappa shape index (κ2) is 7.28. The van der Waals surface area contributed by atoms with Crippen LogP contribution in [0.3, 0.4) is 0 Å². The van der Waals surface area contributed by atoms with Crippen LogP contribution in [0.4, 0.5) is 10.1 Å². The van der Waals surface area contributed by atoms with Crippen LogP contribution in [0.25, 0.3) is 33.3 Å². The molecule has 0 unspecified atom stereocenters. The number of hydrogen-bond acceptors (Lipinski definition) is 3. The van der Waals surface area contributed by atoms with Crippen LogP contribution in [0.15, 0.2) is 83.3 Å². The van der Waals surface area contributed by atoms with Gasteiger partial charge in [-0.2, -0.15) is 0 Å². The van der Waals surface area contributed by atoms with E-state index in [0.29, 0.717) is 27.9 Å². The molecule has 5 aromatic rings. The molecule has 4 nitrogen and oxygen atoms in total. The van der Waals surface area contributed by atoms with E-state index in [2.05, 4.69) is 10.3 Å². The molecule has 1 heterocycles. The lowest BCUT2D eigenvalue weighted by Gasteiger charge is -2.06. The predicted octanol–water partition coefficient (Wildman–Crippen LogP) is 6.69. The Morgan fingerprint density at radius 3 is 2.60 bits per heavy atom. The lowest BCUT2D eigenvalue weighted by molar-refractivity contribution is 0.102. The second-order valence-corrected chi connectivity index (χ2v) is 7.25. The number of anilines is 1. The molecule has 0 spiro atoms. The highest BCUT2D eigenvalue weighted by Crippen LogP contribution is 2.31. The first-order chi connectivity index (χ1) is 14.6. The molecule has 1 amide bonds. The Labute approximate surface area is 175 Å². The average molecular weight is 417 g/mol. The first-order valence-electron chi connectivity index (χ1n) is 9.23. The Balaban J connectivity index is 1.43. The summed E-state index contributed by atoms with van der Waals surface area (Å²) in [5, 5.41) is 5.17. The van der Waals surface area contributed by atoms with E-state index < -0.39 is 5.82 Å². The standard InChI is InChI=1S/C24H14ClFN2O2/c25-20-12-17(26)7-9-19(20)24-28-21-13-18(8-10-22(21)30-24)27-23(29)16-6-5-14-3-1-2-4-15(14)11-16/h1-13H,(H,27,29). The third-order valence-electron chi connectivity index (χ3n) is 4.82. The van der Waals surface area contributed by atoms with Gasteiger partial charge in [-0.3, -0.25) is 4.79 Å². The molecule has 0 saturated heterocycles. The Kier molecular flexibility index (Phi) is 4.45. The largest absolute Gasteiger partial charge is 0.436 e. The van der Waals surface area contributed by atoms with Crippen molar-refractivity contribution in [1.29, 1.82) is 0 Å². The molecule has 0 atom stereocenters. The van der Waals surface area contributed by atoms with Crippen LogP contribution >= 0.6 is 11.6 Å². The fourth-order valence-electron chi connectivity index (χ4n) is 3.32. The van der Waals surface area contributed by atoms with E-state index in [0.717, 1.165) is 10.8 Å². The topological polar surface area (TPSA) is 55.1 Å². The smallest absolute Gasteiger partial charge is 0.255 e. The first-order valence-corrected chi connectivity index (χ1v) is 9.61. The minimum Gasteiger partial charge on any atom is -0.436 e. The monoisotopic (exact) mass is 416 g/mol. The first kappa shape index (κ1) is 18.3. The lowest BCUT2D eigenvalue weighted by atomic mass is 10.1. The molecule has 5 rings (SSSR count). The van der Waals surface area contributed by atoms with Crippen molar-refractivity contribution in [3.05, 3.63) is 95.3 Å². The highest BCUT2D eigenvalue weighted by Gasteiger charge is 2.14. The van der Waals surface area contributed by atoms with Gasteiger partial charge in [0, 0.05) is 11.3 Å². The zero-order chi connectivity index (χ0) is 20.7. The lowest BCUT2D eigenvalue weighted by Crippen LogP contribution is -2.11. The van der Waals surface area contributed by atoms with Crippen molar-refractivity contribution in [3.63, 3.8) is 0 Å². The van der Waals surface area contributed by atoms with Crippen LogP contribution in [-0.2, 0) is 0 Å². The molecule has 1 N–H and O–H groups in total. The van der Waals surface area contributed by atoms with Gasteiger partial charge >= 0.3 is 0 Å². The van der Waals surface area contributed by atoms with Crippen molar-refractivity contribution in [1.82, 2.24) is 4.98 Å². The summed E-state index contributed by atoms with van der Waals surface area (Å²) >= 11 is 6.10. The molecule has 146 valence electrons. The molecule has 0 saturated carbocycles. The molecule has 0 radical (unpaired) electrons. The number of nitrogens with zero attached hydrogens (tertiary/aromatic N) is 1. The molecule has 0 aliphatic heterocycles. The summed E-state index contributed by atoms with van der Waals surface area (Å²) < 4.78 is 19.0. The zero-order valence-corrected chi connectivity index (χ0v) is 16.3. The number of carbonyl (C=O) groups excluding carboxylic acids is 1. The van der Waals surface area contributed by atoms with E-state index in [1.165, 1.54) is 18.2 Å². The minimum absolute atomic E-state index is 0.214. The number of oxazole rings is 1. The highest BCUT2D eigenvalue weighted by molar-refractivity contribution is 6.33. The number of amides is 1. The van der Waals surface area contributed by atoms with Gasteiger partial charge < -0.3 is 9.73 Å². The quantitative estimate of drug-likeness (QED) is 0.356. The van der Waals surface area contributed by atoms with E-state index in [1.807, 2.05) is 36.4 Å². The van der Waals surface area contributed by atoms with E-state index in [1.54, 1.807) is 24.3 Å². The van der Waals surface area contributed by atoms with E-state index >= 15 is 0 Å². The Morgan fingerprint density at radius 1 is 0.933 bits per heavy atom. The molecule has 6 heteroatoms. The predicted molar refractivity (Wildman–Crippen MR) is 116 cm³/mol. The molecule has 1 aromatic heterocycles. The van der Waals surface area contributed by atoms with Crippen molar-refractivity contribution in [2.45, 2.75) is 0 Å². The summed E-state index contributed by atoms with van der Waals surface area (Å²) in [6, 6.07) is 22.6. The number of aromatic nitrogens is 1. The van der Waals surface area contributed by atoms with Gasteiger partial charge in [-0.05, 0) is 59.3 Å². The SMILES string of the molecule is O=C(Nc1ccc2oc(-c3ccc(F)cc3Cl)nc2c1)c1ccc2ccccc2c1. The fourth-order valence-corrected chi connectivity index (χ4v) is 3.57. The third-order valence-corrected chi connectivity index (χ3v) is 5.13. The summed E-state index contributed by atoms with van der Waals surface area (Å²) in [6.45, 7) is 0. The second-order valence-electron chi connectivity index (χ2n) is 6.84. The van der Waals surface area contributed by atoms with Gasteiger partial charge in [-0.1, -0.05) is 41.9 Å². The number of halogens is 2. The van der Waals surface area contributed by atoms with Gasteiger partial charge in [0.15, 0.2) is 5.58 Å².